The highest BCUT2D eigenvalue weighted by Gasteiger charge is 2.52. The number of rotatable bonds is 1. The maximum Gasteiger partial charge on any atom is 0.0577 e. The quantitative estimate of drug-likeness (QED) is 0.568. The summed E-state index contributed by atoms with van der Waals surface area (Å²) in [5.41, 5.74) is 5.02. The molecular weight excluding hydrogens is 394 g/mol. The van der Waals surface area contributed by atoms with Crippen LogP contribution in [0.2, 0.25) is 0 Å². The maximum absolute atomic E-state index is 10.2. The Bertz CT molecular complexity index is 1040. The Morgan fingerprint density at radius 2 is 1.81 bits per heavy atom. The molecule has 170 valence electrons. The smallest absolute Gasteiger partial charge is 0.0577 e. The van der Waals surface area contributed by atoms with Crippen molar-refractivity contribution in [1.82, 2.24) is 4.98 Å². The summed E-state index contributed by atoms with van der Waals surface area (Å²) in [6.07, 6.45) is 18.5. The largest absolute Gasteiger partial charge is 0.400 e. The standard InChI is InChI=1S/C28H33NO.CH4O/c1-28-12-10-20-14-22-16-24(30)6-4-18(22)5-7-25(20)27(28)9-8-26(28)21-3-2-19-11-13-29-17-23(19)15-21;1-2/h2-3,10-11,13-15,17-18,24-27,30H,4-9,12,16H2,1H3;2H,1H3/t18?,24?,25?,26-,27?,28?;/m1./s1. The third-order valence-corrected chi connectivity index (χ3v) is 9.19. The fourth-order valence-corrected chi connectivity index (χ4v) is 7.56. The average molecular weight is 432 g/mol. The van der Waals surface area contributed by atoms with Gasteiger partial charge in [-0.1, -0.05) is 36.8 Å². The second-order valence-electron chi connectivity index (χ2n) is 10.7. The molecule has 0 amide bonds. The van der Waals surface area contributed by atoms with Crippen molar-refractivity contribution in [3.8, 4) is 0 Å². The van der Waals surface area contributed by atoms with Gasteiger partial charge in [0.25, 0.3) is 0 Å². The minimum absolute atomic E-state index is 0.114. The van der Waals surface area contributed by atoms with Gasteiger partial charge in [0.2, 0.25) is 0 Å². The summed E-state index contributed by atoms with van der Waals surface area (Å²) >= 11 is 0. The first-order valence-electron chi connectivity index (χ1n) is 12.5. The van der Waals surface area contributed by atoms with E-state index in [-0.39, 0.29) is 6.10 Å². The lowest BCUT2D eigenvalue weighted by molar-refractivity contribution is 0.125. The fourth-order valence-electron chi connectivity index (χ4n) is 7.56. The van der Waals surface area contributed by atoms with Gasteiger partial charge in [-0.3, -0.25) is 4.98 Å². The fraction of sp³-hybridized carbons (Fsp3) is 0.552. The van der Waals surface area contributed by atoms with Gasteiger partial charge in [-0.05, 0) is 109 Å². The van der Waals surface area contributed by atoms with Crippen LogP contribution in [0.25, 0.3) is 10.8 Å². The molecule has 0 bridgehead atoms. The predicted octanol–water partition coefficient (Wildman–Crippen LogP) is 6.17. The molecule has 0 aliphatic heterocycles. The number of aromatic nitrogens is 1. The Morgan fingerprint density at radius 3 is 2.69 bits per heavy atom. The van der Waals surface area contributed by atoms with E-state index in [0.29, 0.717) is 17.3 Å². The Kier molecular flexibility index (Phi) is 5.98. The second-order valence-corrected chi connectivity index (χ2v) is 10.7. The van der Waals surface area contributed by atoms with Gasteiger partial charge < -0.3 is 10.2 Å². The van der Waals surface area contributed by atoms with Crippen molar-refractivity contribution in [2.24, 2.45) is 23.2 Å². The highest BCUT2D eigenvalue weighted by atomic mass is 16.3. The van der Waals surface area contributed by atoms with Crippen molar-refractivity contribution >= 4 is 10.8 Å². The molecule has 1 aromatic heterocycles. The van der Waals surface area contributed by atoms with E-state index in [2.05, 4.69) is 48.3 Å². The zero-order valence-corrected chi connectivity index (χ0v) is 19.5. The third kappa shape index (κ3) is 3.64. The highest BCUT2D eigenvalue weighted by molar-refractivity contribution is 5.82. The van der Waals surface area contributed by atoms with Crippen molar-refractivity contribution in [1.29, 1.82) is 0 Å². The van der Waals surface area contributed by atoms with Gasteiger partial charge in [0, 0.05) is 24.9 Å². The molecule has 2 aromatic rings. The van der Waals surface area contributed by atoms with Crippen LogP contribution in [-0.4, -0.2) is 28.4 Å². The summed E-state index contributed by atoms with van der Waals surface area (Å²) in [5.74, 6) is 2.86. The number of aliphatic hydroxyl groups is 2. The molecule has 0 saturated heterocycles. The van der Waals surface area contributed by atoms with Crippen molar-refractivity contribution in [2.75, 3.05) is 7.11 Å². The van der Waals surface area contributed by atoms with Crippen LogP contribution in [0.1, 0.15) is 69.8 Å². The molecule has 6 rings (SSSR count). The summed E-state index contributed by atoms with van der Waals surface area (Å²) in [7, 11) is 1.00. The summed E-state index contributed by atoms with van der Waals surface area (Å²) in [6.45, 7) is 2.57. The highest BCUT2D eigenvalue weighted by Crippen LogP contribution is 2.62. The molecule has 2 saturated carbocycles. The van der Waals surface area contributed by atoms with E-state index < -0.39 is 0 Å². The minimum atomic E-state index is -0.114. The van der Waals surface area contributed by atoms with Crippen LogP contribution >= 0.6 is 0 Å². The zero-order chi connectivity index (χ0) is 22.3. The molecule has 4 aliphatic carbocycles. The molecule has 0 spiro atoms. The molecule has 3 heteroatoms. The molecule has 4 aliphatic rings. The Labute approximate surface area is 192 Å². The lowest BCUT2D eigenvalue weighted by atomic mass is 9.60. The third-order valence-electron chi connectivity index (χ3n) is 9.19. The monoisotopic (exact) mass is 431 g/mol. The molecule has 0 radical (unpaired) electrons. The lowest BCUT2D eigenvalue weighted by Crippen LogP contribution is -2.35. The number of hydrogen-bond donors (Lipinski definition) is 2. The van der Waals surface area contributed by atoms with Gasteiger partial charge in [-0.15, -0.1) is 0 Å². The van der Waals surface area contributed by atoms with Crippen LogP contribution in [0, 0.1) is 23.2 Å². The normalized spacial score (nSPS) is 35.9. The molecule has 1 heterocycles. The van der Waals surface area contributed by atoms with Crippen LogP contribution in [0.3, 0.4) is 0 Å². The van der Waals surface area contributed by atoms with Crippen molar-refractivity contribution in [3.05, 3.63) is 65.5 Å². The number of pyridine rings is 1. The predicted molar refractivity (Wildman–Crippen MR) is 130 cm³/mol. The van der Waals surface area contributed by atoms with Crippen LogP contribution in [0.4, 0.5) is 0 Å². The first kappa shape index (κ1) is 21.9. The number of fused-ring (bicyclic) bond motifs is 5. The molecule has 2 fully saturated rings. The van der Waals surface area contributed by atoms with Crippen molar-refractivity contribution in [3.63, 3.8) is 0 Å². The van der Waals surface area contributed by atoms with Gasteiger partial charge in [0.05, 0.1) is 6.10 Å². The van der Waals surface area contributed by atoms with E-state index in [0.717, 1.165) is 31.8 Å². The summed E-state index contributed by atoms with van der Waals surface area (Å²) < 4.78 is 0. The molecular formula is C29H37NO2. The summed E-state index contributed by atoms with van der Waals surface area (Å²) in [5, 5.41) is 19.8. The van der Waals surface area contributed by atoms with Crippen molar-refractivity contribution in [2.45, 2.75) is 70.3 Å². The Balaban J connectivity index is 0.00000105. The SMILES string of the molecule is CC12CC=C3C=C4CC(O)CCC4CCC3C1CC[C@@H]2c1ccc2ccncc2c1.CO. The van der Waals surface area contributed by atoms with Crippen LogP contribution < -0.4 is 0 Å². The van der Waals surface area contributed by atoms with Gasteiger partial charge in [0.1, 0.15) is 0 Å². The molecule has 6 atom stereocenters. The minimum Gasteiger partial charge on any atom is -0.400 e. The van der Waals surface area contributed by atoms with E-state index in [9.17, 15) is 5.11 Å². The molecule has 1 aromatic carbocycles. The van der Waals surface area contributed by atoms with E-state index in [4.69, 9.17) is 5.11 Å². The number of aliphatic hydroxyl groups excluding tert-OH is 2. The van der Waals surface area contributed by atoms with E-state index in [1.807, 2.05) is 12.4 Å². The van der Waals surface area contributed by atoms with Gasteiger partial charge in [0.15, 0.2) is 0 Å². The molecule has 2 N–H and O–H groups in total. The van der Waals surface area contributed by atoms with Gasteiger partial charge in [-0.25, -0.2) is 0 Å². The maximum atomic E-state index is 10.2. The first-order chi connectivity index (χ1) is 15.6. The van der Waals surface area contributed by atoms with E-state index in [1.54, 1.807) is 11.1 Å². The first-order valence-corrected chi connectivity index (χ1v) is 12.5. The van der Waals surface area contributed by atoms with Gasteiger partial charge in [-0.2, -0.15) is 0 Å². The Hall–Kier alpha value is -1.97. The summed E-state index contributed by atoms with van der Waals surface area (Å²) in [6, 6.07) is 9.19. The van der Waals surface area contributed by atoms with Crippen molar-refractivity contribution < 1.29 is 10.2 Å². The van der Waals surface area contributed by atoms with Crippen LogP contribution in [-0.2, 0) is 0 Å². The Morgan fingerprint density at radius 1 is 0.969 bits per heavy atom. The number of nitrogens with zero attached hydrogens (tertiary/aromatic N) is 1. The number of allylic oxidation sites excluding steroid dienone is 3. The lowest BCUT2D eigenvalue weighted by Gasteiger charge is -2.44. The topological polar surface area (TPSA) is 53.4 Å². The van der Waals surface area contributed by atoms with Gasteiger partial charge >= 0.3 is 0 Å². The van der Waals surface area contributed by atoms with Crippen LogP contribution in [0.15, 0.2) is 60.0 Å². The van der Waals surface area contributed by atoms with Crippen LogP contribution in [0.5, 0.6) is 0 Å². The number of benzene rings is 1. The van der Waals surface area contributed by atoms with E-state index in [1.165, 1.54) is 54.9 Å². The number of hydrogen-bond acceptors (Lipinski definition) is 3. The zero-order valence-electron chi connectivity index (χ0n) is 19.5. The molecule has 3 nitrogen and oxygen atoms in total. The summed E-state index contributed by atoms with van der Waals surface area (Å²) in [4.78, 5) is 4.35. The molecule has 5 unspecified atom stereocenters. The van der Waals surface area contributed by atoms with E-state index >= 15 is 0 Å². The molecule has 32 heavy (non-hydrogen) atoms. The second kappa shape index (κ2) is 8.76. The average Bonchev–Trinajstić information content (AvgIpc) is 3.06.